The molecule has 0 aliphatic heterocycles. The average Bonchev–Trinajstić information content (AvgIpc) is 2.28. The number of carbonyl (C=O) groups is 1. The first-order valence-corrected chi connectivity index (χ1v) is 5.36. The number of non-ortho nitro benzene ring substituents is 1. The normalized spacial score (nSPS) is 10.0. The van der Waals surface area contributed by atoms with E-state index in [1.165, 1.54) is 12.1 Å². The second kappa shape index (κ2) is 6.17. The van der Waals surface area contributed by atoms with Crippen molar-refractivity contribution in [1.29, 1.82) is 0 Å². The van der Waals surface area contributed by atoms with Gasteiger partial charge in [0.1, 0.15) is 0 Å². The molecule has 0 saturated heterocycles. The molecule has 0 bridgehead atoms. The molecule has 92 valence electrons. The first kappa shape index (κ1) is 13.4. The van der Waals surface area contributed by atoms with Crippen molar-refractivity contribution in [3.63, 3.8) is 0 Å². The van der Waals surface area contributed by atoms with Crippen molar-refractivity contribution in [2.45, 2.75) is 6.42 Å². The predicted molar refractivity (Wildman–Crippen MR) is 64.1 cm³/mol. The van der Waals surface area contributed by atoms with E-state index in [1.54, 1.807) is 0 Å². The number of nitrogens with one attached hydrogen (secondary N) is 1. The molecule has 7 heteroatoms. The molecule has 1 rings (SSSR count). The Labute approximate surface area is 103 Å². The Morgan fingerprint density at radius 3 is 2.76 bits per heavy atom. The van der Waals surface area contributed by atoms with Crippen molar-refractivity contribution in [2.24, 2.45) is 5.73 Å². The van der Waals surface area contributed by atoms with Gasteiger partial charge in [-0.3, -0.25) is 14.9 Å². The number of amides is 1. The SMILES string of the molecule is NCCCNC(=O)c1ccc([N+](=O)[O-])cc1Cl. The van der Waals surface area contributed by atoms with E-state index in [0.29, 0.717) is 19.5 Å². The van der Waals surface area contributed by atoms with Crippen LogP contribution in [0.15, 0.2) is 18.2 Å². The zero-order valence-electron chi connectivity index (χ0n) is 8.98. The van der Waals surface area contributed by atoms with Crippen molar-refractivity contribution < 1.29 is 9.72 Å². The monoisotopic (exact) mass is 257 g/mol. The third kappa shape index (κ3) is 3.69. The van der Waals surface area contributed by atoms with Crippen LogP contribution in [0.1, 0.15) is 16.8 Å². The molecule has 0 spiro atoms. The summed E-state index contributed by atoms with van der Waals surface area (Å²) in [6.07, 6.45) is 0.663. The van der Waals surface area contributed by atoms with E-state index in [2.05, 4.69) is 5.32 Å². The minimum Gasteiger partial charge on any atom is -0.352 e. The number of nitro benzene ring substituents is 1. The van der Waals surface area contributed by atoms with E-state index >= 15 is 0 Å². The zero-order valence-corrected chi connectivity index (χ0v) is 9.74. The van der Waals surface area contributed by atoms with E-state index in [9.17, 15) is 14.9 Å². The van der Waals surface area contributed by atoms with Gasteiger partial charge in [-0.1, -0.05) is 11.6 Å². The molecule has 0 fully saturated rings. The van der Waals surface area contributed by atoms with Gasteiger partial charge in [-0.05, 0) is 19.0 Å². The number of nitro groups is 1. The van der Waals surface area contributed by atoms with Crippen molar-refractivity contribution in [2.75, 3.05) is 13.1 Å². The number of halogens is 1. The zero-order chi connectivity index (χ0) is 12.8. The summed E-state index contributed by atoms with van der Waals surface area (Å²) < 4.78 is 0. The molecule has 6 nitrogen and oxygen atoms in total. The molecule has 0 unspecified atom stereocenters. The summed E-state index contributed by atoms with van der Waals surface area (Å²) in [6, 6.07) is 3.72. The molecule has 1 aromatic carbocycles. The van der Waals surface area contributed by atoms with Crippen LogP contribution in [0.25, 0.3) is 0 Å². The Morgan fingerprint density at radius 1 is 1.53 bits per heavy atom. The van der Waals surface area contributed by atoms with Gasteiger partial charge in [0.2, 0.25) is 0 Å². The van der Waals surface area contributed by atoms with Crippen LogP contribution in [-0.2, 0) is 0 Å². The summed E-state index contributed by atoms with van der Waals surface area (Å²) in [5.41, 5.74) is 5.36. The van der Waals surface area contributed by atoms with Gasteiger partial charge in [-0.15, -0.1) is 0 Å². The van der Waals surface area contributed by atoms with Crippen LogP contribution in [0, 0.1) is 10.1 Å². The number of rotatable bonds is 5. The molecule has 0 aliphatic rings. The number of carbonyl (C=O) groups excluding carboxylic acids is 1. The van der Waals surface area contributed by atoms with Crippen LogP contribution >= 0.6 is 11.6 Å². The molecular weight excluding hydrogens is 246 g/mol. The highest BCUT2D eigenvalue weighted by molar-refractivity contribution is 6.34. The fourth-order valence-corrected chi connectivity index (χ4v) is 1.46. The first-order valence-electron chi connectivity index (χ1n) is 4.98. The minimum atomic E-state index is -0.567. The van der Waals surface area contributed by atoms with Gasteiger partial charge >= 0.3 is 0 Å². The molecule has 0 radical (unpaired) electrons. The molecule has 17 heavy (non-hydrogen) atoms. The van der Waals surface area contributed by atoms with E-state index in [0.717, 1.165) is 6.07 Å². The fourth-order valence-electron chi connectivity index (χ4n) is 1.20. The Bertz CT molecular complexity index is 437. The quantitative estimate of drug-likeness (QED) is 0.472. The summed E-state index contributed by atoms with van der Waals surface area (Å²) in [4.78, 5) is 21.5. The van der Waals surface area contributed by atoms with Crippen LogP contribution in [-0.4, -0.2) is 23.9 Å². The van der Waals surface area contributed by atoms with Gasteiger partial charge in [0, 0.05) is 18.7 Å². The lowest BCUT2D eigenvalue weighted by molar-refractivity contribution is -0.384. The second-order valence-electron chi connectivity index (χ2n) is 3.32. The fraction of sp³-hybridized carbons (Fsp3) is 0.300. The largest absolute Gasteiger partial charge is 0.352 e. The summed E-state index contributed by atoms with van der Waals surface area (Å²) in [5.74, 6) is -0.363. The summed E-state index contributed by atoms with van der Waals surface area (Å²) in [6.45, 7) is 0.928. The summed E-state index contributed by atoms with van der Waals surface area (Å²) >= 11 is 5.79. The van der Waals surface area contributed by atoms with Gasteiger partial charge in [0.15, 0.2) is 0 Å². The molecule has 3 N–H and O–H groups in total. The van der Waals surface area contributed by atoms with Crippen molar-refractivity contribution in [3.8, 4) is 0 Å². The Morgan fingerprint density at radius 2 is 2.24 bits per heavy atom. The summed E-state index contributed by atoms with van der Waals surface area (Å²) in [7, 11) is 0. The van der Waals surface area contributed by atoms with Gasteiger partial charge in [0.05, 0.1) is 15.5 Å². The standard InChI is InChI=1S/C10H12ClN3O3/c11-9-6-7(14(16)17)2-3-8(9)10(15)13-5-1-4-12/h2-3,6H,1,4-5,12H2,(H,13,15). The molecule has 0 saturated carbocycles. The molecular formula is C10H12ClN3O3. The van der Waals surface area contributed by atoms with Crippen molar-refractivity contribution in [1.82, 2.24) is 5.32 Å². The Hall–Kier alpha value is -1.66. The number of benzene rings is 1. The van der Waals surface area contributed by atoms with Crippen molar-refractivity contribution >= 4 is 23.2 Å². The van der Waals surface area contributed by atoms with E-state index in [-0.39, 0.29) is 22.2 Å². The van der Waals surface area contributed by atoms with E-state index in [1.807, 2.05) is 0 Å². The third-order valence-corrected chi connectivity index (χ3v) is 2.39. The maximum Gasteiger partial charge on any atom is 0.270 e. The molecule has 1 aromatic rings. The maximum absolute atomic E-state index is 11.6. The first-order chi connectivity index (χ1) is 8.06. The maximum atomic E-state index is 11.6. The van der Waals surface area contributed by atoms with Crippen LogP contribution in [0.5, 0.6) is 0 Å². The molecule has 1 amide bonds. The lowest BCUT2D eigenvalue weighted by Gasteiger charge is -2.05. The highest BCUT2D eigenvalue weighted by Gasteiger charge is 2.14. The molecule has 0 aliphatic carbocycles. The van der Waals surface area contributed by atoms with Gasteiger partial charge < -0.3 is 11.1 Å². The van der Waals surface area contributed by atoms with Gasteiger partial charge in [-0.2, -0.15) is 0 Å². The predicted octanol–water partition coefficient (Wildman–Crippen LogP) is 1.33. The molecule has 0 heterocycles. The van der Waals surface area contributed by atoms with Crippen LogP contribution in [0.3, 0.4) is 0 Å². The topological polar surface area (TPSA) is 98.3 Å². The number of hydrogen-bond acceptors (Lipinski definition) is 4. The average molecular weight is 258 g/mol. The van der Waals surface area contributed by atoms with Crippen LogP contribution in [0.2, 0.25) is 5.02 Å². The third-order valence-electron chi connectivity index (χ3n) is 2.07. The molecule has 0 atom stereocenters. The van der Waals surface area contributed by atoms with E-state index < -0.39 is 4.92 Å². The second-order valence-corrected chi connectivity index (χ2v) is 3.73. The molecule has 0 aromatic heterocycles. The van der Waals surface area contributed by atoms with Crippen LogP contribution < -0.4 is 11.1 Å². The minimum absolute atomic E-state index is 0.0597. The highest BCUT2D eigenvalue weighted by Crippen LogP contribution is 2.22. The van der Waals surface area contributed by atoms with E-state index in [4.69, 9.17) is 17.3 Å². The summed E-state index contributed by atoms with van der Waals surface area (Å²) in [5, 5.41) is 13.2. The lowest BCUT2D eigenvalue weighted by atomic mass is 10.2. The van der Waals surface area contributed by atoms with Gasteiger partial charge in [-0.25, -0.2) is 0 Å². The van der Waals surface area contributed by atoms with Crippen LogP contribution in [0.4, 0.5) is 5.69 Å². The number of hydrogen-bond donors (Lipinski definition) is 2. The number of nitrogens with two attached hydrogens (primary N) is 1. The lowest BCUT2D eigenvalue weighted by Crippen LogP contribution is -2.26. The smallest absolute Gasteiger partial charge is 0.270 e. The number of nitrogens with zero attached hydrogens (tertiary/aromatic N) is 1. The Balaban J connectivity index is 2.78. The van der Waals surface area contributed by atoms with Crippen molar-refractivity contribution in [3.05, 3.63) is 38.9 Å². The Kier molecular flexibility index (Phi) is 4.86. The van der Waals surface area contributed by atoms with Gasteiger partial charge in [0.25, 0.3) is 11.6 Å². The highest BCUT2D eigenvalue weighted by atomic mass is 35.5.